The van der Waals surface area contributed by atoms with Crippen molar-refractivity contribution in [2.75, 3.05) is 47.6 Å². The van der Waals surface area contributed by atoms with E-state index in [2.05, 4.69) is 11.1 Å². The number of nitrogens with zero attached hydrogens (tertiary/aromatic N) is 2. The maximum Gasteiger partial charge on any atom is 0.242 e. The molecule has 0 aliphatic rings. The number of nitrogens with one attached hydrogen (secondary N) is 1. The fourth-order valence-electron chi connectivity index (χ4n) is 4.41. The van der Waals surface area contributed by atoms with E-state index in [0.717, 1.165) is 22.0 Å². The minimum atomic E-state index is -0.180. The lowest BCUT2D eigenvalue weighted by Gasteiger charge is -2.30. The molecule has 2 aromatic carbocycles. The van der Waals surface area contributed by atoms with Crippen molar-refractivity contribution in [2.24, 2.45) is 5.41 Å². The van der Waals surface area contributed by atoms with Gasteiger partial charge in [-0.05, 0) is 41.2 Å². The molecule has 0 saturated carbocycles. The highest BCUT2D eigenvalue weighted by Gasteiger charge is 2.25. The molecular formula is C30H41N3O5. The zero-order valence-electron chi connectivity index (χ0n) is 23.5. The van der Waals surface area contributed by atoms with Gasteiger partial charge in [0.15, 0.2) is 11.5 Å². The third kappa shape index (κ3) is 7.99. The van der Waals surface area contributed by atoms with Crippen LogP contribution in [0.1, 0.15) is 38.3 Å². The second kappa shape index (κ2) is 13.3. The Bertz CT molecular complexity index is 1210. The quantitative estimate of drug-likeness (QED) is 0.352. The molecule has 2 amide bonds. The molecule has 0 fully saturated rings. The Kier molecular flexibility index (Phi) is 10.2. The zero-order chi connectivity index (χ0) is 27.7. The second-order valence-electron chi connectivity index (χ2n) is 10.7. The largest absolute Gasteiger partial charge is 0.493 e. The maximum atomic E-state index is 13.7. The van der Waals surface area contributed by atoms with Crippen LogP contribution in [0.4, 0.5) is 0 Å². The van der Waals surface area contributed by atoms with Crippen LogP contribution >= 0.6 is 0 Å². The molecule has 1 aromatic heterocycles. The standard InChI is InChI=1S/C30H41N3O5/c1-30(2,3)18-28(34)33(15-16-36-4)21-29(35)32(20-22-11-12-26(37-5)27(17-22)38-6)14-13-23-19-31-25-10-8-7-9-24(23)25/h7-12,17,19,31H,13-16,18,20-21H2,1-6H3. The summed E-state index contributed by atoms with van der Waals surface area (Å²) in [6.07, 6.45) is 3.04. The van der Waals surface area contributed by atoms with Crippen molar-refractivity contribution in [1.29, 1.82) is 0 Å². The number of carbonyl (C=O) groups is 2. The van der Waals surface area contributed by atoms with E-state index in [4.69, 9.17) is 14.2 Å². The van der Waals surface area contributed by atoms with Crippen molar-refractivity contribution < 1.29 is 23.8 Å². The molecule has 1 heterocycles. The number of aromatic nitrogens is 1. The highest BCUT2D eigenvalue weighted by atomic mass is 16.5. The van der Waals surface area contributed by atoms with Gasteiger partial charge in [0.2, 0.25) is 11.8 Å². The Labute approximate surface area is 225 Å². The first kappa shape index (κ1) is 29.0. The summed E-state index contributed by atoms with van der Waals surface area (Å²) in [6.45, 7) is 7.68. The van der Waals surface area contributed by atoms with E-state index in [1.165, 1.54) is 0 Å². The Hall–Kier alpha value is -3.52. The topological polar surface area (TPSA) is 84.1 Å². The van der Waals surface area contributed by atoms with Crippen LogP contribution in [0.2, 0.25) is 0 Å². The fraction of sp³-hybridized carbons (Fsp3) is 0.467. The number of hydrogen-bond acceptors (Lipinski definition) is 5. The summed E-state index contributed by atoms with van der Waals surface area (Å²) in [5.74, 6) is 1.08. The van der Waals surface area contributed by atoms with Crippen molar-refractivity contribution in [1.82, 2.24) is 14.8 Å². The molecule has 38 heavy (non-hydrogen) atoms. The number of benzene rings is 2. The van der Waals surface area contributed by atoms with Gasteiger partial charge in [-0.3, -0.25) is 9.59 Å². The normalized spacial score (nSPS) is 11.4. The van der Waals surface area contributed by atoms with E-state index in [0.29, 0.717) is 50.6 Å². The van der Waals surface area contributed by atoms with E-state index in [9.17, 15) is 9.59 Å². The summed E-state index contributed by atoms with van der Waals surface area (Å²) in [5, 5.41) is 1.15. The Morgan fingerprint density at radius 2 is 1.63 bits per heavy atom. The van der Waals surface area contributed by atoms with Crippen LogP contribution < -0.4 is 9.47 Å². The fourth-order valence-corrected chi connectivity index (χ4v) is 4.41. The average Bonchev–Trinajstić information content (AvgIpc) is 3.30. The van der Waals surface area contributed by atoms with Crippen LogP contribution in [-0.4, -0.2) is 74.2 Å². The summed E-state index contributed by atoms with van der Waals surface area (Å²) in [6, 6.07) is 13.8. The van der Waals surface area contributed by atoms with E-state index in [1.54, 1.807) is 26.2 Å². The van der Waals surface area contributed by atoms with Crippen LogP contribution in [0.5, 0.6) is 11.5 Å². The monoisotopic (exact) mass is 523 g/mol. The summed E-state index contributed by atoms with van der Waals surface area (Å²) in [7, 11) is 4.78. The van der Waals surface area contributed by atoms with Crippen LogP contribution in [0.3, 0.4) is 0 Å². The molecule has 1 N–H and O–H groups in total. The predicted molar refractivity (Wildman–Crippen MR) is 149 cm³/mol. The lowest BCUT2D eigenvalue weighted by molar-refractivity contribution is -0.142. The van der Waals surface area contributed by atoms with Gasteiger partial charge in [0, 0.05) is 50.3 Å². The van der Waals surface area contributed by atoms with Crippen LogP contribution in [0.15, 0.2) is 48.7 Å². The minimum Gasteiger partial charge on any atom is -0.493 e. The van der Waals surface area contributed by atoms with Gasteiger partial charge < -0.3 is 29.0 Å². The van der Waals surface area contributed by atoms with Crippen LogP contribution in [0, 0.1) is 5.41 Å². The van der Waals surface area contributed by atoms with Crippen molar-refractivity contribution >= 4 is 22.7 Å². The number of aromatic amines is 1. The molecule has 8 nitrogen and oxygen atoms in total. The lowest BCUT2D eigenvalue weighted by Crippen LogP contribution is -2.45. The third-order valence-electron chi connectivity index (χ3n) is 6.43. The van der Waals surface area contributed by atoms with Crippen LogP contribution in [-0.2, 0) is 27.3 Å². The molecule has 0 saturated heterocycles. The van der Waals surface area contributed by atoms with Gasteiger partial charge in [-0.25, -0.2) is 0 Å². The van der Waals surface area contributed by atoms with Gasteiger partial charge >= 0.3 is 0 Å². The van der Waals surface area contributed by atoms with Crippen molar-refractivity contribution in [2.45, 2.75) is 40.2 Å². The number of ether oxygens (including phenoxy) is 3. The summed E-state index contributed by atoms with van der Waals surface area (Å²) < 4.78 is 16.1. The van der Waals surface area contributed by atoms with Gasteiger partial charge in [-0.15, -0.1) is 0 Å². The van der Waals surface area contributed by atoms with Gasteiger partial charge in [0.1, 0.15) is 0 Å². The van der Waals surface area contributed by atoms with E-state index < -0.39 is 0 Å². The third-order valence-corrected chi connectivity index (χ3v) is 6.43. The molecular weight excluding hydrogens is 482 g/mol. The summed E-state index contributed by atoms with van der Waals surface area (Å²) >= 11 is 0. The Morgan fingerprint density at radius 1 is 0.895 bits per heavy atom. The highest BCUT2D eigenvalue weighted by molar-refractivity contribution is 5.85. The molecule has 0 unspecified atom stereocenters. The van der Waals surface area contributed by atoms with Gasteiger partial charge in [-0.1, -0.05) is 45.0 Å². The maximum absolute atomic E-state index is 13.7. The van der Waals surface area contributed by atoms with Gasteiger partial charge in [0.25, 0.3) is 0 Å². The molecule has 0 aliphatic carbocycles. The smallest absolute Gasteiger partial charge is 0.242 e. The molecule has 206 valence electrons. The highest BCUT2D eigenvalue weighted by Crippen LogP contribution is 2.28. The molecule has 0 spiro atoms. The van der Waals surface area contributed by atoms with Crippen molar-refractivity contribution in [3.05, 3.63) is 59.8 Å². The number of rotatable bonds is 13. The first-order valence-electron chi connectivity index (χ1n) is 13.0. The molecule has 0 radical (unpaired) electrons. The first-order valence-corrected chi connectivity index (χ1v) is 13.0. The zero-order valence-corrected chi connectivity index (χ0v) is 23.5. The number of methoxy groups -OCH3 is 3. The second-order valence-corrected chi connectivity index (χ2v) is 10.7. The van der Waals surface area contributed by atoms with E-state index >= 15 is 0 Å². The van der Waals surface area contributed by atoms with Crippen molar-refractivity contribution in [3.63, 3.8) is 0 Å². The number of hydrogen-bond donors (Lipinski definition) is 1. The number of H-pyrrole nitrogens is 1. The Balaban J connectivity index is 1.84. The first-order chi connectivity index (χ1) is 18.1. The molecule has 8 heteroatoms. The van der Waals surface area contributed by atoms with E-state index in [-0.39, 0.29) is 23.8 Å². The average molecular weight is 524 g/mol. The minimum absolute atomic E-state index is 0.000548. The summed E-state index contributed by atoms with van der Waals surface area (Å²) in [5.41, 5.74) is 2.95. The van der Waals surface area contributed by atoms with Gasteiger partial charge in [0.05, 0.1) is 27.4 Å². The number of carbonyl (C=O) groups excluding carboxylic acids is 2. The number of amides is 2. The van der Waals surface area contributed by atoms with E-state index in [1.807, 2.05) is 68.3 Å². The molecule has 0 bridgehead atoms. The van der Waals surface area contributed by atoms with Gasteiger partial charge in [-0.2, -0.15) is 0 Å². The number of para-hydroxylation sites is 1. The lowest BCUT2D eigenvalue weighted by atomic mass is 9.91. The predicted octanol–water partition coefficient (Wildman–Crippen LogP) is 4.67. The molecule has 0 aliphatic heterocycles. The van der Waals surface area contributed by atoms with Crippen LogP contribution in [0.25, 0.3) is 10.9 Å². The number of fused-ring (bicyclic) bond motifs is 1. The summed E-state index contributed by atoms with van der Waals surface area (Å²) in [4.78, 5) is 33.5. The molecule has 3 aromatic rings. The molecule has 0 atom stereocenters. The Morgan fingerprint density at radius 3 is 2.32 bits per heavy atom. The molecule has 3 rings (SSSR count). The SMILES string of the molecule is COCCN(CC(=O)N(CCc1c[nH]c2ccccc12)Cc1ccc(OC)c(OC)c1)C(=O)CC(C)(C)C. The van der Waals surface area contributed by atoms with Crippen molar-refractivity contribution in [3.8, 4) is 11.5 Å².